The Labute approximate surface area is 106 Å². The summed E-state index contributed by atoms with van der Waals surface area (Å²) in [7, 11) is 1.68. The SMILES string of the molecule is COC1CCCC1NC1CCCC(C(F)(F)F)C1. The average Bonchev–Trinajstić information content (AvgIpc) is 2.75. The molecule has 0 saturated heterocycles. The van der Waals surface area contributed by atoms with Crippen molar-refractivity contribution in [1.82, 2.24) is 5.32 Å². The van der Waals surface area contributed by atoms with Crippen molar-refractivity contribution in [3.05, 3.63) is 0 Å². The van der Waals surface area contributed by atoms with Gasteiger partial charge in [-0.3, -0.25) is 0 Å². The predicted octanol–water partition coefficient (Wildman–Crippen LogP) is 3.26. The van der Waals surface area contributed by atoms with E-state index in [0.29, 0.717) is 12.8 Å². The second kappa shape index (κ2) is 5.78. The van der Waals surface area contributed by atoms with Crippen LogP contribution >= 0.6 is 0 Å². The highest BCUT2D eigenvalue weighted by atomic mass is 19.4. The van der Waals surface area contributed by atoms with Gasteiger partial charge in [0.2, 0.25) is 0 Å². The van der Waals surface area contributed by atoms with Crippen molar-refractivity contribution in [2.75, 3.05) is 7.11 Å². The Morgan fingerprint density at radius 2 is 1.78 bits per heavy atom. The molecule has 0 radical (unpaired) electrons. The standard InChI is InChI=1S/C13H22F3NO/c1-18-12-7-3-6-11(12)17-10-5-2-4-9(8-10)13(14,15)16/h9-12,17H,2-8H2,1H3. The molecule has 4 atom stereocenters. The van der Waals surface area contributed by atoms with Gasteiger partial charge < -0.3 is 10.1 Å². The van der Waals surface area contributed by atoms with E-state index in [1.54, 1.807) is 7.11 Å². The van der Waals surface area contributed by atoms with Gasteiger partial charge in [0.1, 0.15) is 0 Å². The summed E-state index contributed by atoms with van der Waals surface area (Å²) in [5.41, 5.74) is 0. The van der Waals surface area contributed by atoms with E-state index in [2.05, 4.69) is 5.32 Å². The largest absolute Gasteiger partial charge is 0.391 e. The molecule has 0 aliphatic heterocycles. The Hall–Kier alpha value is -0.290. The molecule has 1 N–H and O–H groups in total. The first-order chi connectivity index (χ1) is 8.50. The molecule has 106 valence electrons. The molecule has 2 aliphatic carbocycles. The van der Waals surface area contributed by atoms with Crippen LogP contribution in [0, 0.1) is 5.92 Å². The van der Waals surface area contributed by atoms with Crippen molar-refractivity contribution >= 4 is 0 Å². The summed E-state index contributed by atoms with van der Waals surface area (Å²) in [5, 5.41) is 3.40. The minimum absolute atomic E-state index is 0.00567. The zero-order valence-corrected chi connectivity index (χ0v) is 10.8. The Morgan fingerprint density at radius 3 is 2.44 bits per heavy atom. The minimum atomic E-state index is -4.03. The van der Waals surface area contributed by atoms with Gasteiger partial charge in [-0.2, -0.15) is 13.2 Å². The van der Waals surface area contributed by atoms with Crippen LogP contribution in [0.2, 0.25) is 0 Å². The molecule has 0 amide bonds. The van der Waals surface area contributed by atoms with E-state index in [0.717, 1.165) is 25.7 Å². The second-order valence-corrected chi connectivity index (χ2v) is 5.58. The molecule has 2 nitrogen and oxygen atoms in total. The first kappa shape index (κ1) is 14.1. The van der Waals surface area contributed by atoms with Gasteiger partial charge in [0.05, 0.1) is 12.0 Å². The third-order valence-electron chi connectivity index (χ3n) is 4.34. The molecule has 2 fully saturated rings. The molecular weight excluding hydrogens is 243 g/mol. The van der Waals surface area contributed by atoms with Crippen LogP contribution in [0.25, 0.3) is 0 Å². The van der Waals surface area contributed by atoms with E-state index in [1.165, 1.54) is 0 Å². The fraction of sp³-hybridized carbons (Fsp3) is 1.00. The van der Waals surface area contributed by atoms with Crippen LogP contribution in [0.5, 0.6) is 0 Å². The zero-order chi connectivity index (χ0) is 13.2. The van der Waals surface area contributed by atoms with Crippen LogP contribution in [0.3, 0.4) is 0 Å². The summed E-state index contributed by atoms with van der Waals surface area (Å²) in [5.74, 6) is -1.12. The van der Waals surface area contributed by atoms with Crippen LogP contribution in [-0.2, 0) is 4.74 Å². The number of nitrogens with one attached hydrogen (secondary N) is 1. The summed E-state index contributed by atoms with van der Waals surface area (Å²) in [6, 6.07) is 0.248. The maximum atomic E-state index is 12.7. The lowest BCUT2D eigenvalue weighted by Crippen LogP contribution is -2.46. The fourth-order valence-electron chi connectivity index (χ4n) is 3.34. The number of hydrogen-bond donors (Lipinski definition) is 1. The van der Waals surface area contributed by atoms with Crippen molar-refractivity contribution in [2.45, 2.75) is 69.3 Å². The van der Waals surface area contributed by atoms with Gasteiger partial charge in [0, 0.05) is 19.2 Å². The zero-order valence-electron chi connectivity index (χ0n) is 10.8. The summed E-state index contributed by atoms with van der Waals surface area (Å²) in [4.78, 5) is 0. The van der Waals surface area contributed by atoms with Crippen LogP contribution in [0.1, 0.15) is 44.9 Å². The van der Waals surface area contributed by atoms with E-state index in [1.807, 2.05) is 0 Å². The van der Waals surface area contributed by atoms with E-state index < -0.39 is 12.1 Å². The summed E-state index contributed by atoms with van der Waals surface area (Å²) in [6.07, 6.45) is 1.34. The van der Waals surface area contributed by atoms with E-state index in [-0.39, 0.29) is 24.6 Å². The number of methoxy groups -OCH3 is 1. The molecule has 18 heavy (non-hydrogen) atoms. The molecule has 2 saturated carbocycles. The van der Waals surface area contributed by atoms with Gasteiger partial charge in [0.25, 0.3) is 0 Å². The predicted molar refractivity (Wildman–Crippen MR) is 63.4 cm³/mol. The smallest absolute Gasteiger partial charge is 0.380 e. The van der Waals surface area contributed by atoms with Gasteiger partial charge in [-0.1, -0.05) is 6.42 Å². The Kier molecular flexibility index (Phi) is 4.54. The molecule has 0 aromatic rings. The normalized spacial score (nSPS) is 38.0. The molecule has 0 bridgehead atoms. The lowest BCUT2D eigenvalue weighted by Gasteiger charge is -2.34. The maximum Gasteiger partial charge on any atom is 0.391 e. The van der Waals surface area contributed by atoms with Crippen molar-refractivity contribution in [3.63, 3.8) is 0 Å². The van der Waals surface area contributed by atoms with Crippen LogP contribution in [0.15, 0.2) is 0 Å². The summed E-state index contributed by atoms with van der Waals surface area (Å²) >= 11 is 0. The number of rotatable bonds is 3. The Balaban J connectivity index is 1.86. The van der Waals surface area contributed by atoms with Crippen LogP contribution in [-0.4, -0.2) is 31.5 Å². The molecular formula is C13H22F3NO. The van der Waals surface area contributed by atoms with Crippen molar-refractivity contribution in [2.24, 2.45) is 5.92 Å². The first-order valence-corrected chi connectivity index (χ1v) is 6.86. The molecule has 2 rings (SSSR count). The van der Waals surface area contributed by atoms with Gasteiger partial charge in [-0.15, -0.1) is 0 Å². The molecule has 0 heterocycles. The minimum Gasteiger partial charge on any atom is -0.380 e. The number of hydrogen-bond acceptors (Lipinski definition) is 2. The molecule has 0 aromatic carbocycles. The number of ether oxygens (including phenoxy) is 1. The third kappa shape index (κ3) is 3.38. The third-order valence-corrected chi connectivity index (χ3v) is 4.34. The summed E-state index contributed by atoms with van der Waals surface area (Å²) in [6.45, 7) is 0. The first-order valence-electron chi connectivity index (χ1n) is 6.86. The number of halogens is 3. The van der Waals surface area contributed by atoms with Crippen molar-refractivity contribution < 1.29 is 17.9 Å². The fourth-order valence-corrected chi connectivity index (χ4v) is 3.34. The van der Waals surface area contributed by atoms with Gasteiger partial charge in [-0.05, 0) is 38.5 Å². The lowest BCUT2D eigenvalue weighted by molar-refractivity contribution is -0.184. The highest BCUT2D eigenvalue weighted by Crippen LogP contribution is 2.38. The second-order valence-electron chi connectivity index (χ2n) is 5.58. The highest BCUT2D eigenvalue weighted by molar-refractivity contribution is 4.89. The van der Waals surface area contributed by atoms with E-state index >= 15 is 0 Å². The molecule has 2 aliphatic rings. The van der Waals surface area contributed by atoms with E-state index in [4.69, 9.17) is 4.74 Å². The molecule has 5 heteroatoms. The summed E-state index contributed by atoms with van der Waals surface area (Å²) < 4.78 is 43.5. The average molecular weight is 265 g/mol. The number of alkyl halides is 3. The van der Waals surface area contributed by atoms with Gasteiger partial charge in [-0.25, -0.2) is 0 Å². The van der Waals surface area contributed by atoms with Gasteiger partial charge in [0.15, 0.2) is 0 Å². The van der Waals surface area contributed by atoms with Gasteiger partial charge >= 0.3 is 6.18 Å². The van der Waals surface area contributed by atoms with Crippen LogP contribution < -0.4 is 5.32 Å². The molecule has 0 aromatic heterocycles. The maximum absolute atomic E-state index is 12.7. The molecule has 4 unspecified atom stereocenters. The Morgan fingerprint density at radius 1 is 1.06 bits per heavy atom. The highest BCUT2D eigenvalue weighted by Gasteiger charge is 2.42. The van der Waals surface area contributed by atoms with E-state index in [9.17, 15) is 13.2 Å². The van der Waals surface area contributed by atoms with Crippen molar-refractivity contribution in [3.8, 4) is 0 Å². The molecule has 0 spiro atoms. The van der Waals surface area contributed by atoms with Crippen LogP contribution in [0.4, 0.5) is 13.2 Å². The lowest BCUT2D eigenvalue weighted by atomic mass is 9.85. The Bertz CT molecular complexity index is 269. The quantitative estimate of drug-likeness (QED) is 0.845. The topological polar surface area (TPSA) is 21.3 Å². The monoisotopic (exact) mass is 265 g/mol. The van der Waals surface area contributed by atoms with Crippen molar-refractivity contribution in [1.29, 1.82) is 0 Å².